The van der Waals surface area contributed by atoms with E-state index in [1.54, 1.807) is 16.7 Å². The van der Waals surface area contributed by atoms with Gasteiger partial charge in [-0.3, -0.25) is 4.57 Å². The van der Waals surface area contributed by atoms with Crippen LogP contribution in [0.15, 0.2) is 34.8 Å². The molecule has 0 aliphatic rings. The van der Waals surface area contributed by atoms with Crippen LogP contribution in [0.3, 0.4) is 0 Å². The highest BCUT2D eigenvalue weighted by atomic mass is 79.9. The number of aromatic nitrogens is 2. The Bertz CT molecular complexity index is 827. The smallest absolute Gasteiger partial charge is 0.205 e. The first-order chi connectivity index (χ1) is 9.47. The zero-order chi connectivity index (χ0) is 14.4. The monoisotopic (exact) mass is 337 g/mol. The number of benzene rings is 2. The molecular weight excluding hydrogens is 328 g/mol. The van der Waals surface area contributed by atoms with E-state index in [0.29, 0.717) is 21.2 Å². The molecule has 0 saturated heterocycles. The third kappa shape index (κ3) is 1.96. The Morgan fingerprint density at radius 1 is 1.20 bits per heavy atom. The molecule has 0 saturated carbocycles. The average Bonchev–Trinajstić information content (AvgIpc) is 2.69. The van der Waals surface area contributed by atoms with Gasteiger partial charge in [-0.2, -0.15) is 0 Å². The molecule has 1 heterocycles. The lowest BCUT2D eigenvalue weighted by molar-refractivity contribution is 0.619. The van der Waals surface area contributed by atoms with Crippen molar-refractivity contribution in [1.82, 2.24) is 9.55 Å². The van der Waals surface area contributed by atoms with Crippen molar-refractivity contribution in [1.29, 1.82) is 0 Å². The maximum absolute atomic E-state index is 13.8. The van der Waals surface area contributed by atoms with E-state index in [1.165, 1.54) is 18.2 Å². The van der Waals surface area contributed by atoms with Crippen molar-refractivity contribution in [3.8, 4) is 5.69 Å². The molecule has 0 atom stereocenters. The molecule has 20 heavy (non-hydrogen) atoms. The van der Waals surface area contributed by atoms with Gasteiger partial charge in [0.2, 0.25) is 5.95 Å². The molecule has 102 valence electrons. The molecule has 0 amide bonds. The Morgan fingerprint density at radius 2 is 1.95 bits per heavy atom. The third-order valence-electron chi connectivity index (χ3n) is 3.12. The second kappa shape index (κ2) is 4.56. The van der Waals surface area contributed by atoms with Crippen LogP contribution in [0.2, 0.25) is 0 Å². The van der Waals surface area contributed by atoms with E-state index in [9.17, 15) is 8.78 Å². The standard InChI is InChI=1S/C14H10BrF2N3/c1-7-4-9(15)10(17)6-13(7)20-12-3-2-8(16)5-11(12)19-14(20)18/h2-6H,1H3,(H2,18,19). The summed E-state index contributed by atoms with van der Waals surface area (Å²) in [6.07, 6.45) is 0. The maximum Gasteiger partial charge on any atom is 0.205 e. The number of imidazole rings is 1. The molecule has 0 spiro atoms. The highest BCUT2D eigenvalue weighted by Crippen LogP contribution is 2.28. The Balaban J connectivity index is 2.35. The van der Waals surface area contributed by atoms with Crippen molar-refractivity contribution in [3.05, 3.63) is 52.0 Å². The molecule has 0 fully saturated rings. The molecule has 0 bridgehead atoms. The maximum atomic E-state index is 13.8. The first-order valence-electron chi connectivity index (χ1n) is 5.87. The minimum absolute atomic E-state index is 0.190. The third-order valence-corrected chi connectivity index (χ3v) is 3.73. The molecule has 0 aliphatic heterocycles. The van der Waals surface area contributed by atoms with Gasteiger partial charge in [-0.25, -0.2) is 13.8 Å². The molecule has 3 nitrogen and oxygen atoms in total. The number of nitrogens with zero attached hydrogens (tertiary/aromatic N) is 2. The fraction of sp³-hybridized carbons (Fsp3) is 0.0714. The molecule has 0 aliphatic carbocycles. The van der Waals surface area contributed by atoms with Crippen molar-refractivity contribution in [2.45, 2.75) is 6.92 Å². The van der Waals surface area contributed by atoms with Gasteiger partial charge in [-0.1, -0.05) is 0 Å². The van der Waals surface area contributed by atoms with Gasteiger partial charge in [0.15, 0.2) is 0 Å². The summed E-state index contributed by atoms with van der Waals surface area (Å²) in [5.41, 5.74) is 8.36. The van der Waals surface area contributed by atoms with E-state index < -0.39 is 5.82 Å². The number of nitrogens with two attached hydrogens (primary N) is 1. The van der Waals surface area contributed by atoms with Crippen LogP contribution in [0.1, 0.15) is 5.56 Å². The lowest BCUT2D eigenvalue weighted by atomic mass is 10.2. The fourth-order valence-electron chi connectivity index (χ4n) is 2.20. The van der Waals surface area contributed by atoms with E-state index >= 15 is 0 Å². The quantitative estimate of drug-likeness (QED) is 0.730. The Labute approximate surface area is 122 Å². The molecule has 3 aromatic rings. The number of aryl methyl sites for hydroxylation is 1. The van der Waals surface area contributed by atoms with Gasteiger partial charge in [-0.05, 0) is 52.7 Å². The van der Waals surface area contributed by atoms with Crippen molar-refractivity contribution >= 4 is 32.9 Å². The normalized spacial score (nSPS) is 11.2. The van der Waals surface area contributed by atoms with Gasteiger partial charge >= 0.3 is 0 Å². The number of hydrogen-bond acceptors (Lipinski definition) is 2. The first kappa shape index (κ1) is 13.1. The van der Waals surface area contributed by atoms with Crippen LogP contribution >= 0.6 is 15.9 Å². The van der Waals surface area contributed by atoms with Gasteiger partial charge in [0.25, 0.3) is 0 Å². The Hall–Kier alpha value is -1.95. The van der Waals surface area contributed by atoms with E-state index in [2.05, 4.69) is 20.9 Å². The van der Waals surface area contributed by atoms with Gasteiger partial charge in [0.1, 0.15) is 11.6 Å². The van der Waals surface area contributed by atoms with E-state index in [4.69, 9.17) is 5.73 Å². The number of anilines is 1. The van der Waals surface area contributed by atoms with Crippen LogP contribution in [0.5, 0.6) is 0 Å². The number of hydrogen-bond donors (Lipinski definition) is 1. The van der Waals surface area contributed by atoms with Crippen molar-refractivity contribution in [2.24, 2.45) is 0 Å². The summed E-state index contributed by atoms with van der Waals surface area (Å²) in [6, 6.07) is 7.24. The minimum Gasteiger partial charge on any atom is -0.369 e. The molecule has 2 aromatic carbocycles. The largest absolute Gasteiger partial charge is 0.369 e. The van der Waals surface area contributed by atoms with Crippen LogP contribution in [0, 0.1) is 18.6 Å². The number of nitrogen functional groups attached to an aromatic ring is 1. The summed E-state index contributed by atoms with van der Waals surface area (Å²) in [6.45, 7) is 1.84. The average molecular weight is 338 g/mol. The lowest BCUT2D eigenvalue weighted by Crippen LogP contribution is -2.03. The highest BCUT2D eigenvalue weighted by molar-refractivity contribution is 9.10. The molecule has 6 heteroatoms. The predicted octanol–water partition coefficient (Wildman–Crippen LogP) is 3.96. The second-order valence-electron chi connectivity index (χ2n) is 4.49. The topological polar surface area (TPSA) is 43.8 Å². The number of halogens is 3. The van der Waals surface area contributed by atoms with Crippen LogP contribution in [0.4, 0.5) is 14.7 Å². The highest BCUT2D eigenvalue weighted by Gasteiger charge is 2.14. The minimum atomic E-state index is -0.394. The summed E-state index contributed by atoms with van der Waals surface area (Å²) in [5, 5.41) is 0. The van der Waals surface area contributed by atoms with Crippen molar-refractivity contribution < 1.29 is 8.78 Å². The van der Waals surface area contributed by atoms with E-state index in [1.807, 2.05) is 6.92 Å². The van der Waals surface area contributed by atoms with Crippen molar-refractivity contribution in [3.63, 3.8) is 0 Å². The van der Waals surface area contributed by atoms with Gasteiger partial charge in [0.05, 0.1) is 21.2 Å². The lowest BCUT2D eigenvalue weighted by Gasteiger charge is -2.11. The first-order valence-corrected chi connectivity index (χ1v) is 6.66. The summed E-state index contributed by atoms with van der Waals surface area (Å²) >= 11 is 3.14. The van der Waals surface area contributed by atoms with Crippen molar-refractivity contribution in [2.75, 3.05) is 5.73 Å². The summed E-state index contributed by atoms with van der Waals surface area (Å²) in [4.78, 5) is 4.11. The van der Waals surface area contributed by atoms with E-state index in [0.717, 1.165) is 5.56 Å². The van der Waals surface area contributed by atoms with Gasteiger partial charge in [0, 0.05) is 6.07 Å². The molecule has 2 N–H and O–H groups in total. The molecule has 3 rings (SSSR count). The van der Waals surface area contributed by atoms with Gasteiger partial charge < -0.3 is 5.73 Å². The summed E-state index contributed by atoms with van der Waals surface area (Å²) in [5.74, 6) is -0.592. The van der Waals surface area contributed by atoms with Crippen LogP contribution in [-0.4, -0.2) is 9.55 Å². The predicted molar refractivity (Wildman–Crippen MR) is 77.8 cm³/mol. The van der Waals surface area contributed by atoms with Gasteiger partial charge in [-0.15, -0.1) is 0 Å². The number of fused-ring (bicyclic) bond motifs is 1. The zero-order valence-electron chi connectivity index (χ0n) is 10.5. The molecule has 0 radical (unpaired) electrons. The van der Waals surface area contributed by atoms with E-state index in [-0.39, 0.29) is 11.8 Å². The van der Waals surface area contributed by atoms with Crippen LogP contribution < -0.4 is 5.73 Å². The fourth-order valence-corrected chi connectivity index (χ4v) is 2.66. The van der Waals surface area contributed by atoms with Crippen LogP contribution in [-0.2, 0) is 0 Å². The summed E-state index contributed by atoms with van der Waals surface area (Å²) < 4.78 is 29.0. The number of rotatable bonds is 1. The molecular formula is C14H10BrF2N3. The molecule has 0 unspecified atom stereocenters. The second-order valence-corrected chi connectivity index (χ2v) is 5.35. The zero-order valence-corrected chi connectivity index (χ0v) is 12.1. The SMILES string of the molecule is Cc1cc(Br)c(F)cc1-n1c(N)nc2cc(F)ccc21. The summed E-state index contributed by atoms with van der Waals surface area (Å²) in [7, 11) is 0. The van der Waals surface area contributed by atoms with Crippen LogP contribution in [0.25, 0.3) is 16.7 Å². The molecule has 1 aromatic heterocycles. The Kier molecular flexibility index (Phi) is 2.97. The Morgan fingerprint density at radius 3 is 2.70 bits per heavy atom.